The van der Waals surface area contributed by atoms with Crippen molar-refractivity contribution in [2.75, 3.05) is 12.3 Å². The number of nitrogens with one attached hydrogen (secondary N) is 1. The molecule has 0 aliphatic heterocycles. The van der Waals surface area contributed by atoms with Gasteiger partial charge in [0.05, 0.1) is 21.7 Å². The van der Waals surface area contributed by atoms with Crippen LogP contribution in [-0.2, 0) is 9.84 Å². The molecule has 0 atom stereocenters. The zero-order valence-corrected chi connectivity index (χ0v) is 15.5. The Hall–Kier alpha value is -2.73. The highest BCUT2D eigenvalue weighted by Gasteiger charge is 2.16. The number of benzene rings is 2. The molecule has 3 rings (SSSR count). The molecule has 0 saturated carbocycles. The van der Waals surface area contributed by atoms with Crippen molar-refractivity contribution >= 4 is 26.6 Å². The van der Waals surface area contributed by atoms with Gasteiger partial charge in [0.15, 0.2) is 9.84 Å². The average molecular weight is 368 g/mol. The fourth-order valence-electron chi connectivity index (χ4n) is 2.80. The number of fused-ring (bicyclic) bond motifs is 1. The van der Waals surface area contributed by atoms with Gasteiger partial charge >= 0.3 is 0 Å². The number of sulfone groups is 1. The zero-order chi connectivity index (χ0) is 18.7. The summed E-state index contributed by atoms with van der Waals surface area (Å²) < 4.78 is 24.6. The van der Waals surface area contributed by atoms with Crippen molar-refractivity contribution < 1.29 is 13.2 Å². The Morgan fingerprint density at radius 2 is 1.77 bits per heavy atom. The summed E-state index contributed by atoms with van der Waals surface area (Å²) in [5.41, 5.74) is 3.03. The minimum Gasteiger partial charge on any atom is -0.351 e. The lowest BCUT2D eigenvalue weighted by atomic mass is 10.0. The molecular weight excluding hydrogens is 348 g/mol. The largest absolute Gasteiger partial charge is 0.351 e. The molecule has 26 heavy (non-hydrogen) atoms. The molecule has 2 aromatic carbocycles. The number of aromatic nitrogens is 1. The Balaban J connectivity index is 1.77. The van der Waals surface area contributed by atoms with E-state index in [1.807, 2.05) is 32.0 Å². The lowest BCUT2D eigenvalue weighted by molar-refractivity contribution is 0.0957. The second-order valence-electron chi connectivity index (χ2n) is 6.22. The van der Waals surface area contributed by atoms with Crippen LogP contribution in [-0.4, -0.2) is 31.6 Å². The minimum atomic E-state index is -3.42. The molecule has 5 nitrogen and oxygen atoms in total. The predicted octanol–water partition coefficient (Wildman–Crippen LogP) is 3.06. The van der Waals surface area contributed by atoms with Gasteiger partial charge in [0.1, 0.15) is 0 Å². The Morgan fingerprint density at radius 3 is 2.50 bits per heavy atom. The predicted molar refractivity (Wildman–Crippen MR) is 102 cm³/mol. The van der Waals surface area contributed by atoms with Crippen LogP contribution >= 0.6 is 0 Å². The number of carbonyl (C=O) groups excluding carboxylic acids is 1. The Kier molecular flexibility index (Phi) is 5.04. The van der Waals surface area contributed by atoms with Crippen LogP contribution in [0.5, 0.6) is 0 Å². The van der Waals surface area contributed by atoms with Gasteiger partial charge in [0.25, 0.3) is 5.91 Å². The van der Waals surface area contributed by atoms with Crippen molar-refractivity contribution in [3.05, 3.63) is 71.4 Å². The lowest BCUT2D eigenvalue weighted by Gasteiger charge is -2.10. The fraction of sp³-hybridized carbons (Fsp3) is 0.200. The number of nitrogens with zero attached hydrogens (tertiary/aromatic N) is 1. The molecule has 0 aliphatic carbocycles. The molecule has 1 amide bonds. The van der Waals surface area contributed by atoms with Gasteiger partial charge in [-0.3, -0.25) is 9.78 Å². The summed E-state index contributed by atoms with van der Waals surface area (Å²) in [5, 5.41) is 3.48. The van der Waals surface area contributed by atoms with Gasteiger partial charge in [-0.15, -0.1) is 0 Å². The van der Waals surface area contributed by atoms with Crippen molar-refractivity contribution in [2.45, 2.75) is 18.7 Å². The van der Waals surface area contributed by atoms with E-state index in [-0.39, 0.29) is 23.1 Å². The average Bonchev–Trinajstić information content (AvgIpc) is 2.62. The molecule has 0 unspecified atom stereocenters. The Bertz CT molecular complexity index is 1060. The minimum absolute atomic E-state index is 0.0464. The zero-order valence-electron chi connectivity index (χ0n) is 14.7. The molecule has 0 spiro atoms. The van der Waals surface area contributed by atoms with Crippen LogP contribution < -0.4 is 5.32 Å². The highest BCUT2D eigenvalue weighted by Crippen LogP contribution is 2.20. The highest BCUT2D eigenvalue weighted by molar-refractivity contribution is 7.91. The summed E-state index contributed by atoms with van der Waals surface area (Å²) in [6, 6.07) is 15.7. The van der Waals surface area contributed by atoms with Crippen molar-refractivity contribution in [3.63, 3.8) is 0 Å². The SMILES string of the molecule is Cc1ccc2nc(C)cc(C(=O)NCCS(=O)(=O)c3ccccc3)c2c1. The second kappa shape index (κ2) is 7.25. The van der Waals surface area contributed by atoms with E-state index >= 15 is 0 Å². The number of amides is 1. The van der Waals surface area contributed by atoms with Crippen LogP contribution in [0.15, 0.2) is 59.5 Å². The van der Waals surface area contributed by atoms with E-state index in [0.29, 0.717) is 5.56 Å². The highest BCUT2D eigenvalue weighted by atomic mass is 32.2. The summed E-state index contributed by atoms with van der Waals surface area (Å²) >= 11 is 0. The summed E-state index contributed by atoms with van der Waals surface area (Å²) in [5.74, 6) is -0.446. The molecule has 134 valence electrons. The number of pyridine rings is 1. The van der Waals surface area contributed by atoms with E-state index < -0.39 is 9.84 Å². The van der Waals surface area contributed by atoms with Crippen LogP contribution in [0.1, 0.15) is 21.6 Å². The quantitative estimate of drug-likeness (QED) is 0.751. The summed E-state index contributed by atoms with van der Waals surface area (Å²) in [6.45, 7) is 3.83. The van der Waals surface area contributed by atoms with Crippen LogP contribution in [0.4, 0.5) is 0 Å². The van der Waals surface area contributed by atoms with Crippen molar-refractivity contribution in [1.82, 2.24) is 10.3 Å². The van der Waals surface area contributed by atoms with Gasteiger partial charge in [-0.1, -0.05) is 29.8 Å². The molecule has 0 aliphatic rings. The lowest BCUT2D eigenvalue weighted by Crippen LogP contribution is -2.29. The first-order valence-corrected chi connectivity index (χ1v) is 9.96. The van der Waals surface area contributed by atoms with Crippen molar-refractivity contribution in [3.8, 4) is 0 Å². The van der Waals surface area contributed by atoms with E-state index in [0.717, 1.165) is 22.2 Å². The third-order valence-corrected chi connectivity index (χ3v) is 5.83. The van der Waals surface area contributed by atoms with Crippen molar-refractivity contribution in [1.29, 1.82) is 0 Å². The monoisotopic (exact) mass is 368 g/mol. The van der Waals surface area contributed by atoms with E-state index in [1.54, 1.807) is 36.4 Å². The number of rotatable bonds is 5. The first-order valence-electron chi connectivity index (χ1n) is 8.31. The normalized spacial score (nSPS) is 11.5. The molecule has 0 saturated heterocycles. The van der Waals surface area contributed by atoms with Gasteiger partial charge in [-0.2, -0.15) is 0 Å². The van der Waals surface area contributed by atoms with E-state index in [9.17, 15) is 13.2 Å². The number of carbonyl (C=O) groups is 1. The van der Waals surface area contributed by atoms with Crippen molar-refractivity contribution in [2.24, 2.45) is 0 Å². The van der Waals surface area contributed by atoms with E-state index in [1.165, 1.54) is 0 Å². The summed E-state index contributed by atoms with van der Waals surface area (Å²) in [7, 11) is -3.42. The Morgan fingerprint density at radius 1 is 1.04 bits per heavy atom. The molecule has 0 bridgehead atoms. The van der Waals surface area contributed by atoms with Gasteiger partial charge in [0.2, 0.25) is 0 Å². The summed E-state index contributed by atoms with van der Waals surface area (Å²) in [4.78, 5) is 17.3. The third kappa shape index (κ3) is 3.91. The second-order valence-corrected chi connectivity index (χ2v) is 8.33. The van der Waals surface area contributed by atoms with Gasteiger partial charge < -0.3 is 5.32 Å². The van der Waals surface area contributed by atoms with Crippen LogP contribution in [0.3, 0.4) is 0 Å². The molecule has 1 N–H and O–H groups in total. The number of hydrogen-bond acceptors (Lipinski definition) is 4. The number of aryl methyl sites for hydroxylation is 2. The van der Waals surface area contributed by atoms with Crippen LogP contribution in [0.25, 0.3) is 10.9 Å². The fourth-order valence-corrected chi connectivity index (χ4v) is 3.98. The Labute approximate surface area is 153 Å². The maximum atomic E-state index is 12.6. The van der Waals surface area contributed by atoms with Crippen LogP contribution in [0, 0.1) is 13.8 Å². The molecular formula is C20H20N2O3S. The van der Waals surface area contributed by atoms with Gasteiger partial charge in [-0.25, -0.2) is 8.42 Å². The molecule has 1 heterocycles. The standard InChI is InChI=1S/C20H20N2O3S/c1-14-8-9-19-17(12-14)18(13-15(2)22-19)20(23)21-10-11-26(24,25)16-6-4-3-5-7-16/h3-9,12-13H,10-11H2,1-2H3,(H,21,23). The number of hydrogen-bond donors (Lipinski definition) is 1. The molecule has 1 aromatic heterocycles. The van der Waals surface area contributed by atoms with Gasteiger partial charge in [-0.05, 0) is 44.2 Å². The molecule has 0 radical (unpaired) electrons. The molecule has 6 heteroatoms. The molecule has 0 fully saturated rings. The van der Waals surface area contributed by atoms with Crippen LogP contribution in [0.2, 0.25) is 0 Å². The van der Waals surface area contributed by atoms with Gasteiger partial charge in [0, 0.05) is 17.6 Å². The first-order chi connectivity index (χ1) is 12.4. The smallest absolute Gasteiger partial charge is 0.252 e. The first kappa shape index (κ1) is 18.1. The third-order valence-electron chi connectivity index (χ3n) is 4.10. The maximum Gasteiger partial charge on any atom is 0.252 e. The molecule has 3 aromatic rings. The van der Waals surface area contributed by atoms with E-state index in [2.05, 4.69) is 10.3 Å². The van der Waals surface area contributed by atoms with E-state index in [4.69, 9.17) is 0 Å². The maximum absolute atomic E-state index is 12.6. The topological polar surface area (TPSA) is 76.1 Å². The summed E-state index contributed by atoms with van der Waals surface area (Å²) in [6.07, 6.45) is 0.